The molecule has 1 aromatic carbocycles. The van der Waals surface area contributed by atoms with Gasteiger partial charge in [0.25, 0.3) is 0 Å². The number of carbonyl (C=O) groups is 1. The molecule has 0 bridgehead atoms. The number of anilines is 1. The Kier molecular flexibility index (Phi) is 8.73. The zero-order chi connectivity index (χ0) is 19.7. The number of aldehydes is 1. The quantitative estimate of drug-likeness (QED) is 0.692. The summed E-state index contributed by atoms with van der Waals surface area (Å²) < 4.78 is 25.0. The average molecular weight is 397 g/mol. The van der Waals surface area contributed by atoms with Gasteiger partial charge < -0.3 is 19.2 Å². The first kappa shape index (κ1) is 21.9. The van der Waals surface area contributed by atoms with Crippen molar-refractivity contribution in [2.75, 3.05) is 50.9 Å². The van der Waals surface area contributed by atoms with Crippen LogP contribution in [0.2, 0.25) is 0 Å². The smallest absolute Gasteiger partial charge is 0.140 e. The minimum Gasteiger partial charge on any atom is -0.494 e. The van der Waals surface area contributed by atoms with E-state index in [1.54, 1.807) is 0 Å². The molecule has 0 N–H and O–H groups in total. The summed E-state index contributed by atoms with van der Waals surface area (Å²) in [6.45, 7) is 10.6. The highest BCUT2D eigenvalue weighted by atomic mass is 32.2. The summed E-state index contributed by atoms with van der Waals surface area (Å²) in [6.07, 6.45) is 1.98. The monoisotopic (exact) mass is 396 g/mol. The van der Waals surface area contributed by atoms with E-state index in [1.807, 2.05) is 37.2 Å². The summed E-state index contributed by atoms with van der Waals surface area (Å²) in [7, 11) is -1.29. The zero-order valence-electron chi connectivity index (χ0n) is 16.7. The van der Waals surface area contributed by atoms with Crippen LogP contribution >= 0.6 is 0 Å². The van der Waals surface area contributed by atoms with Crippen molar-refractivity contribution >= 4 is 23.0 Å². The van der Waals surface area contributed by atoms with Crippen LogP contribution in [0.15, 0.2) is 24.3 Å². The summed E-state index contributed by atoms with van der Waals surface area (Å²) in [4.78, 5) is 13.9. The molecule has 0 amide bonds. The number of benzene rings is 1. The SMILES string of the molecule is CC.CCOc1ccc(N2CCN(S(=O)C3(C=O)CCOCC3)CC2)cc1. The molecular formula is C20H32N2O4S. The first-order valence-electron chi connectivity index (χ1n) is 9.87. The van der Waals surface area contributed by atoms with Gasteiger partial charge in [-0.2, -0.15) is 0 Å². The van der Waals surface area contributed by atoms with E-state index in [0.717, 1.165) is 30.8 Å². The minimum atomic E-state index is -1.29. The second-order valence-electron chi connectivity index (χ2n) is 6.39. The van der Waals surface area contributed by atoms with E-state index in [1.165, 1.54) is 0 Å². The Bertz CT molecular complexity index is 595. The van der Waals surface area contributed by atoms with Gasteiger partial charge in [0.15, 0.2) is 0 Å². The summed E-state index contributed by atoms with van der Waals surface area (Å²) in [5, 5.41) is 0. The molecule has 0 aromatic heterocycles. The third kappa shape index (κ3) is 5.30. The lowest BCUT2D eigenvalue weighted by atomic mass is 10.0. The van der Waals surface area contributed by atoms with Crippen LogP contribution in [0.5, 0.6) is 5.75 Å². The number of nitrogens with zero attached hydrogens (tertiary/aromatic N) is 2. The van der Waals surface area contributed by atoms with E-state index in [0.29, 0.717) is 45.8 Å². The largest absolute Gasteiger partial charge is 0.494 e. The Morgan fingerprint density at radius 2 is 1.70 bits per heavy atom. The van der Waals surface area contributed by atoms with Gasteiger partial charge in [0.1, 0.15) is 27.8 Å². The maximum atomic E-state index is 13.0. The Morgan fingerprint density at radius 3 is 2.22 bits per heavy atom. The molecule has 1 unspecified atom stereocenters. The maximum absolute atomic E-state index is 13.0. The molecule has 2 aliphatic rings. The molecule has 1 atom stereocenters. The Morgan fingerprint density at radius 1 is 1.11 bits per heavy atom. The number of carbonyl (C=O) groups excluding carboxylic acids is 1. The van der Waals surface area contributed by atoms with Gasteiger partial charge >= 0.3 is 0 Å². The predicted molar refractivity (Wildman–Crippen MR) is 110 cm³/mol. The van der Waals surface area contributed by atoms with Crippen molar-refractivity contribution in [1.82, 2.24) is 4.31 Å². The van der Waals surface area contributed by atoms with Crippen LogP contribution in [-0.2, 0) is 20.5 Å². The average Bonchev–Trinajstić information content (AvgIpc) is 2.76. The Labute approximate surface area is 165 Å². The van der Waals surface area contributed by atoms with Crippen LogP contribution in [0.4, 0.5) is 5.69 Å². The Balaban J connectivity index is 0.00000126. The fraction of sp³-hybridized carbons (Fsp3) is 0.650. The first-order chi connectivity index (χ1) is 13.2. The van der Waals surface area contributed by atoms with Crippen LogP contribution in [0.1, 0.15) is 33.6 Å². The fourth-order valence-electron chi connectivity index (χ4n) is 3.34. The maximum Gasteiger partial charge on any atom is 0.140 e. The molecule has 2 saturated heterocycles. The number of hydrogen-bond acceptors (Lipinski definition) is 5. The van der Waals surface area contributed by atoms with Crippen LogP contribution in [0.25, 0.3) is 0 Å². The molecule has 0 spiro atoms. The highest BCUT2D eigenvalue weighted by Crippen LogP contribution is 2.29. The van der Waals surface area contributed by atoms with Gasteiger partial charge in [0, 0.05) is 45.1 Å². The standard InChI is InChI=1S/C18H26N2O4S.C2H6/c1-2-24-17-5-3-16(4-6-17)19-9-11-20(12-10-19)25(22)18(15-21)7-13-23-14-8-18;1-2/h3-6,15H,2,7-14H2,1H3;1-2H3. The van der Waals surface area contributed by atoms with Gasteiger partial charge in [-0.05, 0) is 44.0 Å². The van der Waals surface area contributed by atoms with Gasteiger partial charge in [0.2, 0.25) is 0 Å². The number of piperazine rings is 1. The van der Waals surface area contributed by atoms with Crippen molar-refractivity contribution in [2.24, 2.45) is 0 Å². The highest BCUT2D eigenvalue weighted by Gasteiger charge is 2.42. The summed E-state index contributed by atoms with van der Waals surface area (Å²) in [5.74, 6) is 0.874. The van der Waals surface area contributed by atoms with Crippen molar-refractivity contribution in [3.05, 3.63) is 24.3 Å². The van der Waals surface area contributed by atoms with Gasteiger partial charge in [-0.15, -0.1) is 0 Å². The van der Waals surface area contributed by atoms with Crippen molar-refractivity contribution in [2.45, 2.75) is 38.4 Å². The van der Waals surface area contributed by atoms with Gasteiger partial charge in [0.05, 0.1) is 6.61 Å². The topological polar surface area (TPSA) is 59.1 Å². The Hall–Kier alpha value is -1.44. The number of rotatable bonds is 6. The second-order valence-corrected chi connectivity index (χ2v) is 8.21. The molecule has 6 nitrogen and oxygen atoms in total. The van der Waals surface area contributed by atoms with E-state index in [9.17, 15) is 9.00 Å². The molecule has 2 fully saturated rings. The highest BCUT2D eigenvalue weighted by molar-refractivity contribution is 7.84. The van der Waals surface area contributed by atoms with Crippen LogP contribution in [-0.4, -0.2) is 65.5 Å². The van der Waals surface area contributed by atoms with Crippen LogP contribution in [0, 0.1) is 0 Å². The van der Waals surface area contributed by atoms with E-state index in [4.69, 9.17) is 9.47 Å². The molecule has 3 rings (SSSR count). The molecule has 0 saturated carbocycles. The molecule has 152 valence electrons. The summed E-state index contributed by atoms with van der Waals surface area (Å²) in [6, 6.07) is 8.07. The third-order valence-corrected chi connectivity index (χ3v) is 6.92. The van der Waals surface area contributed by atoms with Gasteiger partial charge in [-0.25, -0.2) is 8.51 Å². The normalized spacial score (nSPS) is 20.9. The summed E-state index contributed by atoms with van der Waals surface area (Å²) in [5.41, 5.74) is 1.14. The fourth-order valence-corrected chi connectivity index (χ4v) is 4.95. The number of ether oxygens (including phenoxy) is 2. The third-order valence-electron chi connectivity index (χ3n) is 4.89. The van der Waals surface area contributed by atoms with Crippen molar-refractivity contribution in [3.8, 4) is 5.75 Å². The van der Waals surface area contributed by atoms with Gasteiger partial charge in [-0.3, -0.25) is 0 Å². The predicted octanol–water partition coefficient (Wildman–Crippen LogP) is 2.65. The van der Waals surface area contributed by atoms with Crippen molar-refractivity contribution in [3.63, 3.8) is 0 Å². The van der Waals surface area contributed by atoms with Crippen molar-refractivity contribution < 1.29 is 18.5 Å². The van der Waals surface area contributed by atoms with E-state index in [2.05, 4.69) is 17.0 Å². The zero-order valence-corrected chi connectivity index (χ0v) is 17.5. The molecular weight excluding hydrogens is 364 g/mol. The van der Waals surface area contributed by atoms with Gasteiger partial charge in [-0.1, -0.05) is 13.8 Å². The van der Waals surface area contributed by atoms with Crippen molar-refractivity contribution in [1.29, 1.82) is 0 Å². The first-order valence-corrected chi connectivity index (χ1v) is 11.0. The molecule has 27 heavy (non-hydrogen) atoms. The lowest BCUT2D eigenvalue weighted by molar-refractivity contribution is -0.112. The van der Waals surface area contributed by atoms with E-state index < -0.39 is 15.7 Å². The molecule has 0 aliphatic carbocycles. The molecule has 1 aromatic rings. The summed E-state index contributed by atoms with van der Waals surface area (Å²) >= 11 is 0. The van der Waals surface area contributed by atoms with E-state index >= 15 is 0 Å². The molecule has 7 heteroatoms. The minimum absolute atomic E-state index is 0.511. The molecule has 2 heterocycles. The lowest BCUT2D eigenvalue weighted by Crippen LogP contribution is -2.54. The lowest BCUT2D eigenvalue weighted by Gasteiger charge is -2.40. The molecule has 2 aliphatic heterocycles. The van der Waals surface area contributed by atoms with Crippen LogP contribution in [0.3, 0.4) is 0 Å². The van der Waals surface area contributed by atoms with Crippen LogP contribution < -0.4 is 9.64 Å². The second kappa shape index (κ2) is 10.8. The number of hydrogen-bond donors (Lipinski definition) is 0. The molecule has 0 radical (unpaired) electrons. The van der Waals surface area contributed by atoms with E-state index in [-0.39, 0.29) is 0 Å².